The van der Waals surface area contributed by atoms with Gasteiger partial charge < -0.3 is 20.7 Å². The summed E-state index contributed by atoms with van der Waals surface area (Å²) in [6.07, 6.45) is 12.8. The van der Waals surface area contributed by atoms with E-state index in [4.69, 9.17) is 15.9 Å². The van der Waals surface area contributed by atoms with Gasteiger partial charge in [0.1, 0.15) is 29.5 Å². The third-order valence-electron chi connectivity index (χ3n) is 14.4. The number of amides is 1. The lowest BCUT2D eigenvalue weighted by Crippen LogP contribution is -2.70. The van der Waals surface area contributed by atoms with Gasteiger partial charge in [0.25, 0.3) is 0 Å². The third kappa shape index (κ3) is 5.43. The van der Waals surface area contributed by atoms with Crippen LogP contribution in [0.25, 0.3) is 0 Å². The van der Waals surface area contributed by atoms with Crippen LogP contribution in [0.2, 0.25) is 0 Å². The summed E-state index contributed by atoms with van der Waals surface area (Å²) in [4.78, 5) is 29.7. The smallest absolute Gasteiger partial charge is 0.223 e. The van der Waals surface area contributed by atoms with E-state index < -0.39 is 0 Å². The minimum absolute atomic E-state index is 0.255. The van der Waals surface area contributed by atoms with Crippen molar-refractivity contribution in [3.05, 3.63) is 72.1 Å². The first-order valence-electron chi connectivity index (χ1n) is 19.4. The number of aromatic nitrogens is 2. The standard InChI is InChI=1S/C41H50N8O2/c42-37(27-6-8-34(9-7-27)51-33-4-2-1-3-5-33)36-38(43)44-25-45-39(36)46-30-10-12-47(13-11-30)31-20-48(21-31)32-22-49(23-32)35(50)19-40-16-26-14-28-15-29(18-40)41(28,17-26)24-40/h1-9,25-26,28-32,42H,10-24H2,(H3,43,44,45,46). The first-order chi connectivity index (χ1) is 24.8. The van der Waals surface area contributed by atoms with Crippen molar-refractivity contribution in [3.63, 3.8) is 0 Å². The Bertz CT molecular complexity index is 1810. The Hall–Kier alpha value is -4.02. The molecule has 3 aromatic rings. The summed E-state index contributed by atoms with van der Waals surface area (Å²) in [5.41, 5.74) is 8.91. The lowest BCUT2D eigenvalue weighted by molar-refractivity contribution is -0.145. The summed E-state index contributed by atoms with van der Waals surface area (Å²) in [6.45, 7) is 6.16. The normalized spacial score (nSPS) is 31.8. The fourth-order valence-electron chi connectivity index (χ4n) is 11.9. The number of rotatable bonds is 10. The minimum Gasteiger partial charge on any atom is -0.457 e. The first-order valence-corrected chi connectivity index (χ1v) is 19.4. The number of ether oxygens (including phenoxy) is 1. The van der Waals surface area contributed by atoms with Crippen molar-refractivity contribution in [2.45, 2.75) is 75.9 Å². The zero-order valence-electron chi connectivity index (χ0n) is 29.5. The van der Waals surface area contributed by atoms with Gasteiger partial charge in [-0.15, -0.1) is 0 Å². The molecule has 4 heterocycles. The Morgan fingerprint density at radius 3 is 2.41 bits per heavy atom. The number of fused-ring (bicyclic) bond motifs is 2. The van der Waals surface area contributed by atoms with Crippen LogP contribution in [0.15, 0.2) is 60.9 Å². The zero-order chi connectivity index (χ0) is 34.3. The van der Waals surface area contributed by atoms with Gasteiger partial charge in [-0.3, -0.25) is 20.0 Å². The van der Waals surface area contributed by atoms with Crippen LogP contribution in [-0.2, 0) is 4.79 Å². The molecule has 3 saturated heterocycles. The van der Waals surface area contributed by atoms with Gasteiger partial charge in [-0.2, -0.15) is 0 Å². The molecule has 266 valence electrons. The number of anilines is 2. The van der Waals surface area contributed by atoms with Crippen LogP contribution in [0.1, 0.15) is 68.9 Å². The van der Waals surface area contributed by atoms with Gasteiger partial charge in [0.15, 0.2) is 0 Å². The Balaban J connectivity index is 0.685. The summed E-state index contributed by atoms with van der Waals surface area (Å²) in [7, 11) is 0. The topological polar surface area (TPSA) is 124 Å². The summed E-state index contributed by atoms with van der Waals surface area (Å²) >= 11 is 0. The van der Waals surface area contributed by atoms with E-state index in [0.717, 1.165) is 87.6 Å². The number of nitrogens with one attached hydrogen (secondary N) is 2. The van der Waals surface area contributed by atoms with E-state index in [-0.39, 0.29) is 11.8 Å². The molecule has 3 bridgehead atoms. The van der Waals surface area contributed by atoms with Crippen LogP contribution < -0.4 is 15.8 Å². The molecule has 7 aliphatic rings. The van der Waals surface area contributed by atoms with Crippen LogP contribution in [0.5, 0.6) is 11.5 Å². The highest BCUT2D eigenvalue weighted by Gasteiger charge is 2.71. The lowest BCUT2D eigenvalue weighted by atomic mass is 9.55. The second kappa shape index (κ2) is 12.0. The number of nitrogen functional groups attached to an aromatic ring is 1. The Morgan fingerprint density at radius 1 is 0.882 bits per heavy atom. The molecule has 7 fully saturated rings. The highest BCUT2D eigenvalue weighted by Crippen LogP contribution is 2.79. The Morgan fingerprint density at radius 2 is 1.63 bits per heavy atom. The van der Waals surface area contributed by atoms with Gasteiger partial charge in [0.2, 0.25) is 5.91 Å². The summed E-state index contributed by atoms with van der Waals surface area (Å²) in [5.74, 6) is 5.71. The van der Waals surface area contributed by atoms with Crippen LogP contribution in [-0.4, -0.2) is 93.7 Å². The van der Waals surface area contributed by atoms with Gasteiger partial charge >= 0.3 is 0 Å². The maximum Gasteiger partial charge on any atom is 0.223 e. The minimum atomic E-state index is 0.255. The van der Waals surface area contributed by atoms with E-state index >= 15 is 0 Å². The molecule has 2 aromatic carbocycles. The highest BCUT2D eigenvalue weighted by molar-refractivity contribution is 6.16. The Kier molecular flexibility index (Phi) is 7.47. The predicted octanol–water partition coefficient (Wildman–Crippen LogP) is 5.65. The number of para-hydroxylation sites is 1. The number of carbonyl (C=O) groups excluding carboxylic acids is 1. The molecule has 1 amide bonds. The molecular formula is C41H50N8O2. The molecule has 10 heteroatoms. The van der Waals surface area contributed by atoms with Crippen molar-refractivity contribution >= 4 is 23.3 Å². The highest BCUT2D eigenvalue weighted by atomic mass is 16.5. The monoisotopic (exact) mass is 686 g/mol. The number of nitrogens with zero attached hydrogens (tertiary/aromatic N) is 5. The average Bonchev–Trinajstić information content (AvgIpc) is 3.40. The molecule has 5 atom stereocenters. The molecule has 10 rings (SSSR count). The molecule has 4 aliphatic carbocycles. The SMILES string of the molecule is N=C(c1ccc(Oc2ccccc2)cc1)c1c(N)ncnc1NC1CCN(C2CN(C3CN(C(=O)CC45CC6CC7CC(C4)C7(C6)C5)C3)C2)CC1. The van der Waals surface area contributed by atoms with Crippen LogP contribution in [0, 0.1) is 34.0 Å². The summed E-state index contributed by atoms with van der Waals surface area (Å²) in [5, 5.41) is 12.6. The number of nitrogens with two attached hydrogens (primary N) is 1. The number of benzene rings is 2. The average molecular weight is 687 g/mol. The van der Waals surface area contributed by atoms with E-state index in [1.165, 1.54) is 44.9 Å². The van der Waals surface area contributed by atoms with Crippen LogP contribution in [0.4, 0.5) is 11.6 Å². The van der Waals surface area contributed by atoms with Crippen molar-refractivity contribution in [1.82, 2.24) is 24.7 Å². The van der Waals surface area contributed by atoms with E-state index in [1.807, 2.05) is 54.6 Å². The summed E-state index contributed by atoms with van der Waals surface area (Å²) in [6, 6.07) is 18.5. The molecule has 1 spiro atoms. The van der Waals surface area contributed by atoms with Gasteiger partial charge in [0, 0.05) is 69.4 Å². The van der Waals surface area contributed by atoms with Gasteiger partial charge in [-0.05, 0) is 116 Å². The molecular weight excluding hydrogens is 637 g/mol. The predicted molar refractivity (Wildman–Crippen MR) is 197 cm³/mol. The van der Waals surface area contributed by atoms with Crippen molar-refractivity contribution < 1.29 is 9.53 Å². The molecule has 3 aliphatic heterocycles. The fraction of sp³-hybridized carbons (Fsp3) is 0.561. The van der Waals surface area contributed by atoms with Crippen molar-refractivity contribution in [1.29, 1.82) is 5.41 Å². The van der Waals surface area contributed by atoms with Crippen molar-refractivity contribution in [2.24, 2.45) is 28.6 Å². The number of piperidine rings is 1. The van der Waals surface area contributed by atoms with Crippen LogP contribution in [0.3, 0.4) is 0 Å². The number of hydrogen-bond acceptors (Lipinski definition) is 9. The van der Waals surface area contributed by atoms with Crippen molar-refractivity contribution in [3.8, 4) is 11.5 Å². The van der Waals surface area contributed by atoms with E-state index in [1.54, 1.807) is 0 Å². The molecule has 1 aromatic heterocycles. The van der Waals surface area contributed by atoms with E-state index in [9.17, 15) is 4.79 Å². The van der Waals surface area contributed by atoms with E-state index in [0.29, 0.717) is 51.8 Å². The molecule has 4 N–H and O–H groups in total. The molecule has 5 unspecified atom stereocenters. The molecule has 10 nitrogen and oxygen atoms in total. The maximum atomic E-state index is 13.5. The van der Waals surface area contributed by atoms with E-state index in [2.05, 4.69) is 30.0 Å². The molecule has 51 heavy (non-hydrogen) atoms. The van der Waals surface area contributed by atoms with Crippen molar-refractivity contribution in [2.75, 3.05) is 50.3 Å². The second-order valence-electron chi connectivity index (χ2n) is 17.2. The third-order valence-corrected chi connectivity index (χ3v) is 14.4. The Labute approximate surface area is 300 Å². The number of carbonyl (C=O) groups is 1. The van der Waals surface area contributed by atoms with Gasteiger partial charge in [-0.1, -0.05) is 18.2 Å². The number of hydrogen-bond donors (Lipinski definition) is 3. The van der Waals surface area contributed by atoms with Crippen LogP contribution >= 0.6 is 0 Å². The summed E-state index contributed by atoms with van der Waals surface area (Å²) < 4.78 is 5.93. The van der Waals surface area contributed by atoms with Gasteiger partial charge in [-0.25, -0.2) is 9.97 Å². The largest absolute Gasteiger partial charge is 0.457 e. The maximum absolute atomic E-state index is 13.5. The zero-order valence-corrected chi connectivity index (χ0v) is 29.5. The first kappa shape index (κ1) is 31.7. The quantitative estimate of drug-likeness (QED) is 0.234. The fourth-order valence-corrected chi connectivity index (χ4v) is 11.9. The molecule has 4 saturated carbocycles. The molecule has 0 radical (unpaired) electrons. The lowest BCUT2D eigenvalue weighted by Gasteiger charge is -2.55. The van der Waals surface area contributed by atoms with Gasteiger partial charge in [0.05, 0.1) is 11.3 Å². The second-order valence-corrected chi connectivity index (χ2v) is 17.2. The number of likely N-dealkylation sites (tertiary alicyclic amines) is 3.